The summed E-state index contributed by atoms with van der Waals surface area (Å²) in [6.07, 6.45) is 0.0303. The molecule has 1 saturated heterocycles. The summed E-state index contributed by atoms with van der Waals surface area (Å²) in [5.74, 6) is 0.00840. The van der Waals surface area contributed by atoms with E-state index in [-0.39, 0.29) is 22.8 Å². The number of fused-ring (bicyclic) bond motifs is 1. The van der Waals surface area contributed by atoms with E-state index in [0.717, 1.165) is 18.9 Å². The van der Waals surface area contributed by atoms with Crippen LogP contribution in [-0.4, -0.2) is 48.3 Å². The van der Waals surface area contributed by atoms with E-state index in [2.05, 4.69) is 22.1 Å². The minimum Gasteiger partial charge on any atom is -0.338 e. The number of carbonyl (C=O) groups excluding carboxylic acids is 1. The maximum Gasteiger partial charge on any atom is 0.433 e. The largest absolute Gasteiger partial charge is 0.433 e. The lowest BCUT2D eigenvalue weighted by atomic mass is 10.00. The van der Waals surface area contributed by atoms with E-state index in [4.69, 9.17) is 0 Å². The Bertz CT molecular complexity index is 1080. The molecule has 1 aliphatic heterocycles. The molecule has 4 heterocycles. The zero-order chi connectivity index (χ0) is 20.9. The number of nitrogens with zero attached hydrogens (tertiary/aromatic N) is 6. The van der Waals surface area contributed by atoms with Crippen LogP contribution in [0.2, 0.25) is 0 Å². The van der Waals surface area contributed by atoms with Crippen LogP contribution >= 0.6 is 0 Å². The van der Waals surface area contributed by atoms with E-state index in [1.807, 2.05) is 0 Å². The van der Waals surface area contributed by atoms with Crippen molar-refractivity contribution < 1.29 is 18.0 Å². The van der Waals surface area contributed by atoms with E-state index in [9.17, 15) is 18.0 Å². The Hall–Kier alpha value is -2.91. The normalized spacial score (nSPS) is 17.9. The molecule has 29 heavy (non-hydrogen) atoms. The van der Waals surface area contributed by atoms with Gasteiger partial charge in [-0.15, -0.1) is 0 Å². The number of hydrogen-bond acceptors (Lipinski definition) is 4. The van der Waals surface area contributed by atoms with Crippen molar-refractivity contribution in [1.29, 1.82) is 0 Å². The summed E-state index contributed by atoms with van der Waals surface area (Å²) < 4.78 is 43.4. The molecule has 1 aliphatic rings. The van der Waals surface area contributed by atoms with E-state index in [1.165, 1.54) is 10.9 Å². The first-order valence-electron chi connectivity index (χ1n) is 9.41. The predicted octanol–water partition coefficient (Wildman–Crippen LogP) is 3.33. The Balaban J connectivity index is 1.88. The average molecular weight is 406 g/mol. The van der Waals surface area contributed by atoms with Gasteiger partial charge >= 0.3 is 6.18 Å². The number of piperidine rings is 1. The Morgan fingerprint density at radius 1 is 1.31 bits per heavy atom. The van der Waals surface area contributed by atoms with Crippen molar-refractivity contribution in [2.45, 2.75) is 32.9 Å². The highest BCUT2D eigenvalue weighted by Crippen LogP contribution is 2.33. The number of aromatic nitrogens is 5. The van der Waals surface area contributed by atoms with E-state index < -0.39 is 11.9 Å². The summed E-state index contributed by atoms with van der Waals surface area (Å²) in [6, 6.07) is 0.946. The van der Waals surface area contributed by atoms with Crippen molar-refractivity contribution in [3.05, 3.63) is 35.4 Å². The molecule has 4 rings (SSSR count). The topological polar surface area (TPSA) is 68.3 Å². The Morgan fingerprint density at radius 3 is 2.69 bits per heavy atom. The van der Waals surface area contributed by atoms with Gasteiger partial charge in [-0.25, -0.2) is 9.50 Å². The van der Waals surface area contributed by atoms with Crippen molar-refractivity contribution in [3.8, 4) is 11.3 Å². The molecular formula is C19H21F3N6O. The molecule has 154 valence electrons. The van der Waals surface area contributed by atoms with Crippen LogP contribution < -0.4 is 0 Å². The van der Waals surface area contributed by atoms with E-state index in [1.54, 1.807) is 25.1 Å². The quantitative estimate of drug-likeness (QED) is 0.655. The zero-order valence-electron chi connectivity index (χ0n) is 16.4. The minimum atomic E-state index is -4.65. The van der Waals surface area contributed by atoms with Crippen LogP contribution in [-0.2, 0) is 13.2 Å². The number of likely N-dealkylation sites (tertiary alicyclic amines) is 1. The van der Waals surface area contributed by atoms with Crippen LogP contribution in [0.3, 0.4) is 0 Å². The maximum atomic E-state index is 13.7. The van der Waals surface area contributed by atoms with Crippen LogP contribution in [0.15, 0.2) is 18.5 Å². The third kappa shape index (κ3) is 3.47. The van der Waals surface area contributed by atoms with Gasteiger partial charge in [0.25, 0.3) is 5.91 Å². The number of halogens is 3. The lowest BCUT2D eigenvalue weighted by molar-refractivity contribution is -0.142. The van der Waals surface area contributed by atoms with Gasteiger partial charge in [0.2, 0.25) is 0 Å². The highest BCUT2D eigenvalue weighted by Gasteiger charge is 2.37. The van der Waals surface area contributed by atoms with Crippen LogP contribution in [0, 0.1) is 12.8 Å². The highest BCUT2D eigenvalue weighted by atomic mass is 19.4. The van der Waals surface area contributed by atoms with Crippen molar-refractivity contribution in [3.63, 3.8) is 0 Å². The molecule has 3 aromatic heterocycles. The zero-order valence-corrected chi connectivity index (χ0v) is 16.4. The lowest BCUT2D eigenvalue weighted by Gasteiger charge is -2.30. The molecule has 1 atom stereocenters. The molecule has 1 fully saturated rings. The van der Waals surface area contributed by atoms with Gasteiger partial charge in [-0.1, -0.05) is 6.92 Å². The van der Waals surface area contributed by atoms with Gasteiger partial charge < -0.3 is 4.90 Å². The number of alkyl halides is 3. The van der Waals surface area contributed by atoms with Gasteiger partial charge in [0.05, 0.1) is 17.6 Å². The molecule has 0 N–H and O–H groups in total. The molecule has 0 bridgehead atoms. The SMILES string of the molecule is Cc1nn(C)cc1-c1cc(C(F)(F)F)n2ncc(C(=O)N3CCC[C@H](C)C3)c2n1. The van der Waals surface area contributed by atoms with Gasteiger partial charge in [0, 0.05) is 31.9 Å². The average Bonchev–Trinajstić information content (AvgIpc) is 3.22. The number of amides is 1. The Morgan fingerprint density at radius 2 is 2.07 bits per heavy atom. The third-order valence-corrected chi connectivity index (χ3v) is 5.23. The van der Waals surface area contributed by atoms with Gasteiger partial charge in [0.1, 0.15) is 5.56 Å². The summed E-state index contributed by atoms with van der Waals surface area (Å²) in [5.41, 5.74) is 0.138. The fourth-order valence-corrected chi connectivity index (χ4v) is 3.85. The molecular weight excluding hydrogens is 385 g/mol. The molecule has 0 saturated carbocycles. The first kappa shape index (κ1) is 19.4. The summed E-state index contributed by atoms with van der Waals surface area (Å²) in [7, 11) is 1.69. The Labute approximate surface area is 165 Å². The van der Waals surface area contributed by atoms with Crippen molar-refractivity contribution in [2.24, 2.45) is 13.0 Å². The second-order valence-electron chi connectivity index (χ2n) is 7.62. The summed E-state index contributed by atoms with van der Waals surface area (Å²) in [5, 5.41) is 8.03. The molecule has 1 amide bonds. The molecule has 0 radical (unpaired) electrons. The van der Waals surface area contributed by atoms with E-state index >= 15 is 0 Å². The van der Waals surface area contributed by atoms with E-state index in [0.29, 0.717) is 34.8 Å². The fraction of sp³-hybridized carbons (Fsp3) is 0.474. The van der Waals surface area contributed by atoms with Crippen molar-refractivity contribution >= 4 is 11.6 Å². The van der Waals surface area contributed by atoms with Crippen LogP contribution in [0.5, 0.6) is 0 Å². The van der Waals surface area contributed by atoms with Crippen LogP contribution in [0.4, 0.5) is 13.2 Å². The third-order valence-electron chi connectivity index (χ3n) is 5.23. The summed E-state index contributed by atoms with van der Waals surface area (Å²) >= 11 is 0. The number of carbonyl (C=O) groups is 1. The standard InChI is InChI=1S/C19H21F3N6O/c1-11-5-4-6-27(9-11)18(29)13-8-23-28-16(19(20,21)22)7-15(24-17(13)28)14-10-26(3)25-12(14)2/h7-8,10-11H,4-6,9H2,1-3H3/t11-/m0/s1. The molecule has 0 aromatic carbocycles. The first-order valence-corrected chi connectivity index (χ1v) is 9.41. The molecule has 0 unspecified atom stereocenters. The maximum absolute atomic E-state index is 13.7. The minimum absolute atomic E-state index is 0.0768. The van der Waals surface area contributed by atoms with Crippen LogP contribution in [0.1, 0.15) is 41.5 Å². The molecule has 0 aliphatic carbocycles. The highest BCUT2D eigenvalue weighted by molar-refractivity contribution is 6.00. The predicted molar refractivity (Wildman–Crippen MR) is 99.2 cm³/mol. The smallest absolute Gasteiger partial charge is 0.338 e. The molecule has 3 aromatic rings. The molecule has 0 spiro atoms. The van der Waals surface area contributed by atoms with Gasteiger partial charge in [-0.05, 0) is 31.7 Å². The summed E-state index contributed by atoms with van der Waals surface area (Å²) in [6.45, 7) is 4.91. The van der Waals surface area contributed by atoms with Gasteiger partial charge in [0.15, 0.2) is 11.3 Å². The lowest BCUT2D eigenvalue weighted by Crippen LogP contribution is -2.39. The fourth-order valence-electron chi connectivity index (χ4n) is 3.85. The molecule has 7 nitrogen and oxygen atoms in total. The van der Waals surface area contributed by atoms with Gasteiger partial charge in [-0.3, -0.25) is 9.48 Å². The number of hydrogen-bond donors (Lipinski definition) is 0. The monoisotopic (exact) mass is 406 g/mol. The molecule has 10 heteroatoms. The van der Waals surface area contributed by atoms with Crippen LogP contribution in [0.25, 0.3) is 16.9 Å². The van der Waals surface area contributed by atoms with Crippen molar-refractivity contribution in [1.82, 2.24) is 29.3 Å². The number of rotatable bonds is 2. The first-order chi connectivity index (χ1) is 13.6. The van der Waals surface area contributed by atoms with Crippen molar-refractivity contribution in [2.75, 3.05) is 13.1 Å². The summed E-state index contributed by atoms with van der Waals surface area (Å²) in [4.78, 5) is 19.1. The second-order valence-corrected chi connectivity index (χ2v) is 7.62. The second kappa shape index (κ2) is 6.85. The number of aryl methyl sites for hydroxylation is 2. The van der Waals surface area contributed by atoms with Gasteiger partial charge in [-0.2, -0.15) is 23.4 Å². The Kier molecular flexibility index (Phi) is 4.59.